The minimum Gasteiger partial charge on any atom is -0.493 e. The zero-order chi connectivity index (χ0) is 19.9. The molecule has 0 amide bonds. The summed E-state index contributed by atoms with van der Waals surface area (Å²) in [5.74, 6) is 1.17. The van der Waals surface area contributed by atoms with Crippen molar-refractivity contribution in [2.24, 2.45) is 5.14 Å². The molecule has 0 aliphatic carbocycles. The lowest BCUT2D eigenvalue weighted by Crippen LogP contribution is -2.40. The molecule has 2 N–H and O–H groups in total. The number of nitrogens with two attached hydrogens (primary N) is 1. The van der Waals surface area contributed by atoms with Crippen molar-refractivity contribution in [3.63, 3.8) is 0 Å². The number of methoxy groups -OCH3 is 2. The molecule has 3 aromatic rings. The summed E-state index contributed by atoms with van der Waals surface area (Å²) >= 11 is 0. The first-order valence-electron chi connectivity index (χ1n) is 8.68. The predicted molar refractivity (Wildman–Crippen MR) is 105 cm³/mol. The molecule has 0 saturated heterocycles. The summed E-state index contributed by atoms with van der Waals surface area (Å²) in [5, 5.41) is 5.28. The van der Waals surface area contributed by atoms with Gasteiger partial charge in [0.2, 0.25) is 0 Å². The molecular formula is C19H20N4O4S. The van der Waals surface area contributed by atoms with Gasteiger partial charge in [-0.15, -0.1) is 0 Å². The highest BCUT2D eigenvalue weighted by Gasteiger charge is 2.24. The van der Waals surface area contributed by atoms with Gasteiger partial charge in [-0.05, 0) is 23.6 Å². The maximum absolute atomic E-state index is 11.7. The van der Waals surface area contributed by atoms with Crippen molar-refractivity contribution in [3.8, 4) is 22.8 Å². The highest BCUT2D eigenvalue weighted by Crippen LogP contribution is 2.32. The van der Waals surface area contributed by atoms with Crippen molar-refractivity contribution in [1.29, 1.82) is 0 Å². The topological polar surface area (TPSA) is 108 Å². The van der Waals surface area contributed by atoms with Gasteiger partial charge in [0.1, 0.15) is 0 Å². The van der Waals surface area contributed by atoms with Crippen LogP contribution in [0.3, 0.4) is 0 Å². The van der Waals surface area contributed by atoms with Crippen molar-refractivity contribution < 1.29 is 17.9 Å². The summed E-state index contributed by atoms with van der Waals surface area (Å²) in [7, 11) is -0.566. The number of hydrogen-bond acceptors (Lipinski definition) is 6. The standard InChI is InChI=1S/C19H20N4O4S/c1-26-18-8-15-16(9-19(18)27-2)22-17(10-21-15)13-4-3-12-5-6-23(28(20,24)25)11-14(12)7-13/h3-4,7-10H,5-6,11H2,1-2H3,(H2,20,24,25). The Labute approximate surface area is 163 Å². The molecule has 1 aliphatic rings. The normalized spacial score (nSPS) is 14.7. The van der Waals surface area contributed by atoms with E-state index in [-0.39, 0.29) is 6.54 Å². The average molecular weight is 400 g/mol. The first-order chi connectivity index (χ1) is 13.4. The molecule has 1 aromatic heterocycles. The molecule has 0 fully saturated rings. The number of fused-ring (bicyclic) bond motifs is 2. The second kappa shape index (κ2) is 7.01. The van der Waals surface area contributed by atoms with Gasteiger partial charge in [-0.25, -0.2) is 10.1 Å². The third-order valence-electron chi connectivity index (χ3n) is 4.89. The third-order valence-corrected chi connectivity index (χ3v) is 5.92. The van der Waals surface area contributed by atoms with Gasteiger partial charge in [0.15, 0.2) is 11.5 Å². The van der Waals surface area contributed by atoms with Crippen LogP contribution in [0.5, 0.6) is 11.5 Å². The van der Waals surface area contributed by atoms with Crippen molar-refractivity contribution >= 4 is 21.2 Å². The summed E-state index contributed by atoms with van der Waals surface area (Å²) in [5.41, 5.74) is 4.96. The van der Waals surface area contributed by atoms with Crippen molar-refractivity contribution in [3.05, 3.63) is 47.7 Å². The molecule has 1 aliphatic heterocycles. The number of ether oxygens (including phenoxy) is 2. The largest absolute Gasteiger partial charge is 0.493 e. The highest BCUT2D eigenvalue weighted by molar-refractivity contribution is 7.86. The zero-order valence-electron chi connectivity index (χ0n) is 15.5. The van der Waals surface area contributed by atoms with E-state index >= 15 is 0 Å². The molecule has 0 bridgehead atoms. The molecule has 8 nitrogen and oxygen atoms in total. The maximum Gasteiger partial charge on any atom is 0.277 e. The molecule has 146 valence electrons. The lowest BCUT2D eigenvalue weighted by Gasteiger charge is -2.26. The van der Waals surface area contributed by atoms with E-state index in [1.165, 1.54) is 4.31 Å². The van der Waals surface area contributed by atoms with E-state index in [1.807, 2.05) is 18.2 Å². The van der Waals surface area contributed by atoms with Crippen LogP contribution in [0.25, 0.3) is 22.3 Å². The maximum atomic E-state index is 11.7. The smallest absolute Gasteiger partial charge is 0.277 e. The molecule has 2 aromatic carbocycles. The summed E-state index contributed by atoms with van der Waals surface area (Å²) < 4.78 is 35.3. The molecule has 0 unspecified atom stereocenters. The molecule has 2 heterocycles. The van der Waals surface area contributed by atoms with E-state index in [4.69, 9.17) is 19.6 Å². The van der Waals surface area contributed by atoms with Crippen molar-refractivity contribution in [1.82, 2.24) is 14.3 Å². The van der Waals surface area contributed by atoms with Crippen LogP contribution < -0.4 is 14.6 Å². The van der Waals surface area contributed by atoms with Gasteiger partial charge in [-0.3, -0.25) is 4.98 Å². The molecular weight excluding hydrogens is 380 g/mol. The fourth-order valence-electron chi connectivity index (χ4n) is 3.39. The number of hydrogen-bond donors (Lipinski definition) is 1. The Morgan fingerprint density at radius 3 is 2.43 bits per heavy atom. The number of benzene rings is 2. The molecule has 0 saturated carbocycles. The lowest BCUT2D eigenvalue weighted by molar-refractivity contribution is 0.355. The van der Waals surface area contributed by atoms with Crippen LogP contribution in [-0.4, -0.2) is 43.5 Å². The fraction of sp³-hybridized carbons (Fsp3) is 0.263. The molecule has 28 heavy (non-hydrogen) atoms. The van der Waals surface area contributed by atoms with Crippen molar-refractivity contribution in [2.45, 2.75) is 13.0 Å². The van der Waals surface area contributed by atoms with Crippen LogP contribution >= 0.6 is 0 Å². The zero-order valence-corrected chi connectivity index (χ0v) is 16.4. The van der Waals surface area contributed by atoms with Crippen LogP contribution in [0.15, 0.2) is 36.5 Å². The van der Waals surface area contributed by atoms with Gasteiger partial charge in [-0.2, -0.15) is 12.7 Å². The Balaban J connectivity index is 1.74. The van der Waals surface area contributed by atoms with Gasteiger partial charge in [0, 0.05) is 30.8 Å². The average Bonchev–Trinajstić information content (AvgIpc) is 2.70. The fourth-order valence-corrected chi connectivity index (χ4v) is 4.05. The van der Waals surface area contributed by atoms with Crippen LogP contribution in [0.4, 0.5) is 0 Å². The number of aromatic nitrogens is 2. The lowest BCUT2D eigenvalue weighted by atomic mass is 9.97. The molecule has 0 radical (unpaired) electrons. The van der Waals surface area contributed by atoms with E-state index < -0.39 is 10.2 Å². The Morgan fingerprint density at radius 1 is 1.04 bits per heavy atom. The Morgan fingerprint density at radius 2 is 1.75 bits per heavy atom. The van der Waals surface area contributed by atoms with E-state index in [0.29, 0.717) is 41.2 Å². The van der Waals surface area contributed by atoms with Crippen LogP contribution in [0, 0.1) is 0 Å². The molecule has 0 spiro atoms. The SMILES string of the molecule is COc1cc2ncc(-c3ccc4c(c3)CN(S(N)(=O)=O)CC4)nc2cc1OC. The second-order valence-corrected chi connectivity index (χ2v) is 8.11. The van der Waals surface area contributed by atoms with Crippen LogP contribution in [0.1, 0.15) is 11.1 Å². The monoisotopic (exact) mass is 400 g/mol. The molecule has 0 atom stereocenters. The Hall–Kier alpha value is -2.75. The molecule has 4 rings (SSSR count). The predicted octanol–water partition coefficient (Wildman–Crippen LogP) is 1.88. The van der Waals surface area contributed by atoms with Crippen molar-refractivity contribution in [2.75, 3.05) is 20.8 Å². The third kappa shape index (κ3) is 3.39. The van der Waals surface area contributed by atoms with E-state index in [9.17, 15) is 8.42 Å². The van der Waals surface area contributed by atoms with Crippen LogP contribution in [-0.2, 0) is 23.2 Å². The van der Waals surface area contributed by atoms with Crippen LogP contribution in [0.2, 0.25) is 0 Å². The van der Waals surface area contributed by atoms with Gasteiger partial charge < -0.3 is 9.47 Å². The number of rotatable bonds is 4. The van der Waals surface area contributed by atoms with E-state index in [2.05, 4.69) is 4.98 Å². The van der Waals surface area contributed by atoms with Gasteiger partial charge in [0.05, 0.1) is 37.1 Å². The first-order valence-corrected chi connectivity index (χ1v) is 10.2. The van der Waals surface area contributed by atoms with Gasteiger partial charge in [0.25, 0.3) is 10.2 Å². The second-order valence-electron chi connectivity index (χ2n) is 6.56. The summed E-state index contributed by atoms with van der Waals surface area (Å²) in [6.45, 7) is 0.649. The van der Waals surface area contributed by atoms with E-state index in [0.717, 1.165) is 16.7 Å². The minimum absolute atomic E-state index is 0.258. The highest BCUT2D eigenvalue weighted by atomic mass is 32.2. The Bertz CT molecular complexity index is 1160. The summed E-state index contributed by atoms with van der Waals surface area (Å²) in [6, 6.07) is 9.49. The van der Waals surface area contributed by atoms with E-state index in [1.54, 1.807) is 32.5 Å². The summed E-state index contributed by atoms with van der Waals surface area (Å²) in [6.07, 6.45) is 2.32. The quantitative estimate of drug-likeness (QED) is 0.716. The molecule has 9 heteroatoms. The Kier molecular flexibility index (Phi) is 4.66. The van der Waals surface area contributed by atoms with Gasteiger partial charge in [-0.1, -0.05) is 12.1 Å². The minimum atomic E-state index is -3.71. The number of nitrogens with zero attached hydrogens (tertiary/aromatic N) is 3. The first kappa shape index (κ1) is 18.6. The summed E-state index contributed by atoms with van der Waals surface area (Å²) in [4.78, 5) is 9.18. The van der Waals surface area contributed by atoms with Gasteiger partial charge >= 0.3 is 0 Å².